The monoisotopic (exact) mass is 292 g/mol. The number of halogens is 2. The molecule has 19 heavy (non-hydrogen) atoms. The van der Waals surface area contributed by atoms with Crippen molar-refractivity contribution in [2.45, 2.75) is 16.9 Å². The minimum atomic E-state index is -3.97. The van der Waals surface area contributed by atoms with E-state index in [9.17, 15) is 22.3 Å². The van der Waals surface area contributed by atoms with E-state index >= 15 is 0 Å². The van der Waals surface area contributed by atoms with E-state index in [0.717, 1.165) is 12.1 Å². The number of sulfonamides is 1. The van der Waals surface area contributed by atoms with E-state index in [1.54, 1.807) is 0 Å². The third-order valence-corrected chi connectivity index (χ3v) is 4.41. The van der Waals surface area contributed by atoms with Gasteiger partial charge in [0.25, 0.3) is 0 Å². The first-order valence-electron chi connectivity index (χ1n) is 5.70. The van der Waals surface area contributed by atoms with Gasteiger partial charge in [0.2, 0.25) is 10.0 Å². The van der Waals surface area contributed by atoms with Crippen LogP contribution in [0.5, 0.6) is 0 Å². The fourth-order valence-electron chi connectivity index (χ4n) is 1.84. The van der Waals surface area contributed by atoms with Crippen LogP contribution in [0.25, 0.3) is 0 Å². The van der Waals surface area contributed by atoms with Crippen molar-refractivity contribution in [3.63, 3.8) is 0 Å². The average molecular weight is 292 g/mol. The van der Waals surface area contributed by atoms with Gasteiger partial charge in [-0.15, -0.1) is 0 Å². The average Bonchev–Trinajstić information content (AvgIpc) is 2.78. The quantitative estimate of drug-likeness (QED) is 0.728. The van der Waals surface area contributed by atoms with E-state index < -0.39 is 27.3 Å². The van der Waals surface area contributed by atoms with Crippen molar-refractivity contribution in [1.82, 2.24) is 10.0 Å². The zero-order chi connectivity index (χ0) is 14.1. The zero-order valence-corrected chi connectivity index (χ0v) is 10.8. The Morgan fingerprint density at radius 2 is 2.11 bits per heavy atom. The lowest BCUT2D eigenvalue weighted by atomic mass is 10.1. The first-order valence-corrected chi connectivity index (χ1v) is 7.19. The van der Waals surface area contributed by atoms with Crippen molar-refractivity contribution >= 4 is 10.0 Å². The fraction of sp³-hybridized carbons (Fsp3) is 0.455. The zero-order valence-electron chi connectivity index (χ0n) is 9.99. The number of rotatable bonds is 4. The number of aliphatic hydroxyl groups is 1. The van der Waals surface area contributed by atoms with Crippen molar-refractivity contribution < 1.29 is 22.3 Å². The van der Waals surface area contributed by atoms with Crippen LogP contribution in [-0.2, 0) is 10.0 Å². The van der Waals surface area contributed by atoms with E-state index in [-0.39, 0.29) is 18.0 Å². The molecule has 0 aromatic heterocycles. The van der Waals surface area contributed by atoms with Crippen molar-refractivity contribution in [1.29, 1.82) is 0 Å². The fourth-order valence-corrected chi connectivity index (χ4v) is 2.97. The van der Waals surface area contributed by atoms with Crippen LogP contribution in [0.2, 0.25) is 0 Å². The maximum atomic E-state index is 13.0. The van der Waals surface area contributed by atoms with E-state index in [2.05, 4.69) is 10.0 Å². The molecule has 5 nitrogen and oxygen atoms in total. The summed E-state index contributed by atoms with van der Waals surface area (Å²) in [6, 6.07) is 2.32. The molecule has 0 amide bonds. The predicted molar refractivity (Wildman–Crippen MR) is 64.0 cm³/mol. The minimum absolute atomic E-state index is 0.179. The van der Waals surface area contributed by atoms with Gasteiger partial charge in [-0.3, -0.25) is 0 Å². The largest absolute Gasteiger partial charge is 0.387 e. The third-order valence-electron chi connectivity index (χ3n) is 3.01. The maximum Gasteiger partial charge on any atom is 0.240 e. The van der Waals surface area contributed by atoms with Gasteiger partial charge in [-0.25, -0.2) is 21.9 Å². The summed E-state index contributed by atoms with van der Waals surface area (Å²) in [6.45, 7) is 0.706. The summed E-state index contributed by atoms with van der Waals surface area (Å²) in [7, 11) is -3.97. The van der Waals surface area contributed by atoms with Gasteiger partial charge in [0, 0.05) is 13.1 Å². The second-order valence-electron chi connectivity index (χ2n) is 4.55. The highest BCUT2D eigenvalue weighted by molar-refractivity contribution is 7.89. The van der Waals surface area contributed by atoms with Crippen LogP contribution < -0.4 is 10.0 Å². The minimum Gasteiger partial charge on any atom is -0.387 e. The molecule has 1 fully saturated rings. The number of hydrogen-bond donors (Lipinski definition) is 3. The maximum absolute atomic E-state index is 13.0. The second-order valence-corrected chi connectivity index (χ2v) is 6.32. The predicted octanol–water partition coefficient (Wildman–Crippen LogP) is -0.0325. The van der Waals surface area contributed by atoms with Crippen LogP contribution in [-0.4, -0.2) is 38.8 Å². The Bertz CT molecular complexity index is 571. The lowest BCUT2D eigenvalue weighted by Crippen LogP contribution is -2.44. The van der Waals surface area contributed by atoms with Crippen LogP contribution >= 0.6 is 0 Å². The van der Waals surface area contributed by atoms with Crippen LogP contribution in [0.4, 0.5) is 8.78 Å². The summed E-state index contributed by atoms with van der Waals surface area (Å²) < 4.78 is 51.7. The molecular formula is C11H14F2N2O3S. The Hall–Kier alpha value is -1.09. The Morgan fingerprint density at radius 3 is 2.68 bits per heavy atom. The molecule has 0 radical (unpaired) electrons. The molecule has 1 saturated heterocycles. The van der Waals surface area contributed by atoms with Gasteiger partial charge >= 0.3 is 0 Å². The molecule has 1 aliphatic heterocycles. The number of benzene rings is 1. The SMILES string of the molecule is O=S(=O)(NCC1(O)CCNC1)c1ccc(F)c(F)c1. The first-order chi connectivity index (χ1) is 8.82. The van der Waals surface area contributed by atoms with Gasteiger partial charge in [-0.2, -0.15) is 0 Å². The number of nitrogens with one attached hydrogen (secondary N) is 2. The Balaban J connectivity index is 2.11. The Labute approximate surface area is 109 Å². The second kappa shape index (κ2) is 5.12. The van der Waals surface area contributed by atoms with Gasteiger partial charge in [-0.1, -0.05) is 0 Å². The molecule has 1 aromatic carbocycles. The molecule has 8 heteroatoms. The standard InChI is InChI=1S/C11H14F2N2O3S/c12-9-2-1-8(5-10(9)13)19(17,18)15-7-11(16)3-4-14-6-11/h1-2,5,14-16H,3-4,6-7H2. The number of hydrogen-bond acceptors (Lipinski definition) is 4. The van der Waals surface area contributed by atoms with Crippen molar-refractivity contribution in [3.8, 4) is 0 Å². The summed E-state index contributed by atoms with van der Waals surface area (Å²) in [5.74, 6) is -2.35. The third kappa shape index (κ3) is 3.27. The summed E-state index contributed by atoms with van der Waals surface area (Å²) in [5, 5.41) is 12.9. The topological polar surface area (TPSA) is 78.4 Å². The lowest BCUT2D eigenvalue weighted by molar-refractivity contribution is 0.0667. The van der Waals surface area contributed by atoms with Crippen molar-refractivity contribution in [2.24, 2.45) is 0 Å². The molecule has 106 valence electrons. The van der Waals surface area contributed by atoms with E-state index in [1.165, 1.54) is 0 Å². The van der Waals surface area contributed by atoms with Gasteiger partial charge in [0.1, 0.15) is 0 Å². The molecule has 0 aliphatic carbocycles. The van der Waals surface area contributed by atoms with Crippen LogP contribution in [0.15, 0.2) is 23.1 Å². The molecule has 3 N–H and O–H groups in total. The van der Waals surface area contributed by atoms with Gasteiger partial charge in [-0.05, 0) is 31.2 Å². The molecule has 0 spiro atoms. The highest BCUT2D eigenvalue weighted by Crippen LogP contribution is 2.16. The summed E-state index contributed by atoms with van der Waals surface area (Å²) >= 11 is 0. The summed E-state index contributed by atoms with van der Waals surface area (Å²) in [5.41, 5.74) is -1.15. The lowest BCUT2D eigenvalue weighted by Gasteiger charge is -2.21. The molecule has 1 aromatic rings. The van der Waals surface area contributed by atoms with E-state index in [1.807, 2.05) is 0 Å². The first kappa shape index (κ1) is 14.3. The number of β-amino-alcohol motifs (C(OH)–C–C–N with tert-alkyl or cyclic N) is 1. The Morgan fingerprint density at radius 1 is 1.37 bits per heavy atom. The van der Waals surface area contributed by atoms with Crippen LogP contribution in [0.1, 0.15) is 6.42 Å². The van der Waals surface area contributed by atoms with E-state index in [0.29, 0.717) is 19.0 Å². The van der Waals surface area contributed by atoms with Crippen LogP contribution in [0.3, 0.4) is 0 Å². The van der Waals surface area contributed by atoms with Gasteiger partial charge < -0.3 is 10.4 Å². The highest BCUT2D eigenvalue weighted by Gasteiger charge is 2.32. The molecule has 1 aliphatic rings. The summed E-state index contributed by atoms with van der Waals surface area (Å²) in [6.07, 6.45) is 0.424. The van der Waals surface area contributed by atoms with Crippen molar-refractivity contribution in [2.75, 3.05) is 19.6 Å². The van der Waals surface area contributed by atoms with E-state index in [4.69, 9.17) is 0 Å². The van der Waals surface area contributed by atoms with Crippen LogP contribution in [0, 0.1) is 11.6 Å². The highest BCUT2D eigenvalue weighted by atomic mass is 32.2. The van der Waals surface area contributed by atoms with Gasteiger partial charge in [0.05, 0.1) is 10.5 Å². The molecule has 0 saturated carbocycles. The smallest absolute Gasteiger partial charge is 0.240 e. The van der Waals surface area contributed by atoms with Gasteiger partial charge in [0.15, 0.2) is 11.6 Å². The molecule has 1 heterocycles. The summed E-state index contributed by atoms with van der Waals surface area (Å²) in [4.78, 5) is -0.374. The molecule has 1 atom stereocenters. The molecular weight excluding hydrogens is 278 g/mol. The molecule has 1 unspecified atom stereocenters. The molecule has 0 bridgehead atoms. The normalized spacial score (nSPS) is 23.7. The van der Waals surface area contributed by atoms with Crippen molar-refractivity contribution in [3.05, 3.63) is 29.8 Å². The Kier molecular flexibility index (Phi) is 3.86. The molecule has 2 rings (SSSR count).